The Balaban J connectivity index is 4.65. The highest BCUT2D eigenvalue weighted by atomic mass is 16.6. The Kier molecular flexibility index (Phi) is 47.2. The van der Waals surface area contributed by atoms with Crippen molar-refractivity contribution in [1.29, 1.82) is 0 Å². The van der Waals surface area contributed by atoms with E-state index in [4.69, 9.17) is 14.2 Å². The van der Waals surface area contributed by atoms with Crippen molar-refractivity contribution in [3.8, 4) is 0 Å². The van der Waals surface area contributed by atoms with E-state index in [1.807, 2.05) is 54.7 Å². The first-order valence-electron chi connectivity index (χ1n) is 24.9. The molecule has 0 bridgehead atoms. The maximum atomic E-state index is 12.8. The van der Waals surface area contributed by atoms with Crippen LogP contribution in [0.5, 0.6) is 0 Å². The van der Waals surface area contributed by atoms with E-state index < -0.39 is 6.10 Å². The molecule has 0 aliphatic heterocycles. The average Bonchev–Trinajstić information content (AvgIpc) is 3.29. The van der Waals surface area contributed by atoms with Crippen LogP contribution in [-0.4, -0.2) is 37.2 Å². The van der Waals surface area contributed by atoms with Crippen LogP contribution >= 0.6 is 0 Å². The Morgan fingerprint density at radius 3 is 1.19 bits per heavy atom. The zero-order valence-electron chi connectivity index (χ0n) is 40.5. The van der Waals surface area contributed by atoms with Crippen molar-refractivity contribution in [2.45, 2.75) is 187 Å². The second kappa shape index (κ2) is 50.9. The van der Waals surface area contributed by atoms with E-state index in [1.165, 1.54) is 44.9 Å². The quantitative estimate of drug-likeness (QED) is 0.0200. The first kappa shape index (κ1) is 59.3. The third kappa shape index (κ3) is 48.3. The van der Waals surface area contributed by atoms with Crippen LogP contribution in [0.25, 0.3) is 0 Å². The van der Waals surface area contributed by atoms with E-state index >= 15 is 0 Å². The van der Waals surface area contributed by atoms with Gasteiger partial charge >= 0.3 is 17.9 Å². The molecule has 0 rings (SSSR count). The van der Waals surface area contributed by atoms with Crippen LogP contribution in [0, 0.1) is 0 Å². The van der Waals surface area contributed by atoms with Gasteiger partial charge in [0, 0.05) is 19.3 Å². The molecule has 6 nitrogen and oxygen atoms in total. The molecule has 6 heteroatoms. The summed E-state index contributed by atoms with van der Waals surface area (Å²) in [5.41, 5.74) is 0. The third-order valence-corrected chi connectivity index (χ3v) is 9.69. The predicted octanol–water partition coefficient (Wildman–Crippen LogP) is 16.5. The molecule has 0 amide bonds. The summed E-state index contributed by atoms with van der Waals surface area (Å²) >= 11 is 0. The summed E-state index contributed by atoms with van der Waals surface area (Å²) in [6.07, 6.45) is 72.7. The van der Waals surface area contributed by atoms with Crippen molar-refractivity contribution in [2.24, 2.45) is 0 Å². The number of ether oxygens (including phenoxy) is 3. The minimum absolute atomic E-state index is 0.146. The van der Waals surface area contributed by atoms with Gasteiger partial charge in [0.15, 0.2) is 6.10 Å². The molecule has 0 aliphatic rings. The Labute approximate surface area is 391 Å². The lowest BCUT2D eigenvalue weighted by molar-refractivity contribution is -0.167. The summed E-state index contributed by atoms with van der Waals surface area (Å²) in [6.45, 7) is 6.20. The smallest absolute Gasteiger partial charge is 0.306 e. The van der Waals surface area contributed by atoms with Gasteiger partial charge in [-0.05, 0) is 103 Å². The standard InChI is InChI=1S/C58H88O6/c1-4-7-10-13-16-19-22-25-27-29-31-33-36-39-42-45-48-51-57(60)63-54-55(53-62-56(59)50-47-44-41-38-35-32-24-21-18-15-12-9-6-3)64-58(61)52-49-46-43-40-37-34-30-28-26-23-20-17-14-11-8-5-2/h8-9,11-12,15,17-18,20-21,24-28,31-35,37-39,41-42,55H,4-7,10,13-14,16,19,22-23,29-30,36,40,43-54H2,1-3H3/b11-8+,12-9+,18-15+,20-17+,24-21+,27-25+,28-26+,33-31+,35-32+,37-34+,41-38+,42-39+. The second-order valence-electron chi connectivity index (χ2n) is 15.7. The van der Waals surface area contributed by atoms with Gasteiger partial charge in [-0.3, -0.25) is 14.4 Å². The van der Waals surface area contributed by atoms with Gasteiger partial charge in [0.25, 0.3) is 0 Å². The van der Waals surface area contributed by atoms with Crippen LogP contribution < -0.4 is 0 Å². The number of hydrogen-bond acceptors (Lipinski definition) is 6. The fourth-order valence-corrected chi connectivity index (χ4v) is 6.01. The highest BCUT2D eigenvalue weighted by Crippen LogP contribution is 2.10. The third-order valence-electron chi connectivity index (χ3n) is 9.69. The van der Waals surface area contributed by atoms with E-state index in [9.17, 15) is 14.4 Å². The maximum Gasteiger partial charge on any atom is 0.306 e. The summed E-state index contributed by atoms with van der Waals surface area (Å²) in [5.74, 6) is -1.12. The minimum atomic E-state index is -0.850. The molecule has 0 spiro atoms. The van der Waals surface area contributed by atoms with Gasteiger partial charge in [-0.15, -0.1) is 0 Å². The van der Waals surface area contributed by atoms with Crippen LogP contribution in [0.4, 0.5) is 0 Å². The normalized spacial score (nSPS) is 13.4. The topological polar surface area (TPSA) is 78.9 Å². The zero-order valence-corrected chi connectivity index (χ0v) is 40.5. The fourth-order valence-electron chi connectivity index (χ4n) is 6.01. The van der Waals surface area contributed by atoms with Crippen LogP contribution in [0.3, 0.4) is 0 Å². The van der Waals surface area contributed by atoms with Crippen molar-refractivity contribution >= 4 is 17.9 Å². The van der Waals surface area contributed by atoms with E-state index in [1.54, 1.807) is 0 Å². The number of allylic oxidation sites excluding steroid dienone is 24. The van der Waals surface area contributed by atoms with Gasteiger partial charge in [0.05, 0.1) is 0 Å². The Morgan fingerprint density at radius 2 is 0.703 bits per heavy atom. The van der Waals surface area contributed by atoms with Crippen molar-refractivity contribution < 1.29 is 28.6 Å². The Hall–Kier alpha value is -4.71. The molecular weight excluding hydrogens is 793 g/mol. The van der Waals surface area contributed by atoms with Gasteiger partial charge in [0.2, 0.25) is 0 Å². The zero-order chi connectivity index (χ0) is 46.5. The molecule has 0 fully saturated rings. The first-order valence-corrected chi connectivity index (χ1v) is 24.9. The van der Waals surface area contributed by atoms with Gasteiger partial charge < -0.3 is 14.2 Å². The number of rotatable bonds is 42. The van der Waals surface area contributed by atoms with Crippen molar-refractivity contribution in [3.05, 3.63) is 146 Å². The summed E-state index contributed by atoms with van der Waals surface area (Å²) in [5, 5.41) is 0. The monoisotopic (exact) mass is 881 g/mol. The molecule has 356 valence electrons. The second-order valence-corrected chi connectivity index (χ2v) is 15.7. The largest absolute Gasteiger partial charge is 0.462 e. The molecule has 1 unspecified atom stereocenters. The predicted molar refractivity (Wildman–Crippen MR) is 274 cm³/mol. The number of hydrogen-bond donors (Lipinski definition) is 0. The van der Waals surface area contributed by atoms with Crippen molar-refractivity contribution in [3.63, 3.8) is 0 Å². The highest BCUT2D eigenvalue weighted by molar-refractivity contribution is 5.71. The number of unbranched alkanes of at least 4 members (excludes halogenated alkanes) is 11. The highest BCUT2D eigenvalue weighted by Gasteiger charge is 2.19. The van der Waals surface area contributed by atoms with Crippen molar-refractivity contribution in [2.75, 3.05) is 13.2 Å². The van der Waals surface area contributed by atoms with Crippen molar-refractivity contribution in [1.82, 2.24) is 0 Å². The van der Waals surface area contributed by atoms with Crippen LogP contribution in [0.15, 0.2) is 146 Å². The summed E-state index contributed by atoms with van der Waals surface area (Å²) in [4.78, 5) is 37.9. The van der Waals surface area contributed by atoms with Crippen LogP contribution in [0.1, 0.15) is 181 Å². The average molecular weight is 881 g/mol. The molecule has 64 heavy (non-hydrogen) atoms. The summed E-state index contributed by atoms with van der Waals surface area (Å²) in [7, 11) is 0. The molecule has 0 N–H and O–H groups in total. The summed E-state index contributed by atoms with van der Waals surface area (Å²) in [6, 6.07) is 0. The van der Waals surface area contributed by atoms with Crippen LogP contribution in [-0.2, 0) is 28.6 Å². The molecule has 0 radical (unpaired) electrons. The van der Waals surface area contributed by atoms with E-state index in [0.717, 1.165) is 77.0 Å². The molecule has 0 heterocycles. The summed E-state index contributed by atoms with van der Waals surface area (Å²) < 4.78 is 16.6. The van der Waals surface area contributed by atoms with Gasteiger partial charge in [-0.1, -0.05) is 205 Å². The van der Waals surface area contributed by atoms with E-state index in [2.05, 4.69) is 112 Å². The molecule has 0 saturated heterocycles. The SMILES string of the molecule is CC/C=C/C=C/C=C/C=C/C=C/CCCC(=O)OCC(COC(=O)CCC/C=C/C/C=C/C/C=C/CCCCCCCC)OC(=O)CCCCC/C=C/C/C=C/C/C=C/C/C=C/CC. The van der Waals surface area contributed by atoms with Gasteiger partial charge in [-0.25, -0.2) is 0 Å². The van der Waals surface area contributed by atoms with Gasteiger partial charge in [0.1, 0.15) is 13.2 Å². The van der Waals surface area contributed by atoms with E-state index in [0.29, 0.717) is 19.3 Å². The van der Waals surface area contributed by atoms with Crippen LogP contribution in [0.2, 0.25) is 0 Å². The lowest BCUT2D eigenvalue weighted by Crippen LogP contribution is -2.30. The Morgan fingerprint density at radius 1 is 0.344 bits per heavy atom. The molecule has 0 aromatic heterocycles. The number of carbonyl (C=O) groups is 3. The lowest BCUT2D eigenvalue weighted by Gasteiger charge is -2.18. The minimum Gasteiger partial charge on any atom is -0.462 e. The molecular formula is C58H88O6. The van der Waals surface area contributed by atoms with Gasteiger partial charge in [-0.2, -0.15) is 0 Å². The Bertz CT molecular complexity index is 1480. The maximum absolute atomic E-state index is 12.8. The lowest BCUT2D eigenvalue weighted by atomic mass is 10.1. The number of esters is 3. The molecule has 0 aromatic rings. The molecule has 0 aliphatic carbocycles. The fraction of sp³-hybridized carbons (Fsp3) is 0.534. The molecule has 0 aromatic carbocycles. The number of carbonyl (C=O) groups excluding carboxylic acids is 3. The molecule has 1 atom stereocenters. The van der Waals surface area contributed by atoms with E-state index in [-0.39, 0.29) is 50.4 Å². The molecule has 0 saturated carbocycles. The first-order chi connectivity index (χ1) is 31.5.